The summed E-state index contributed by atoms with van der Waals surface area (Å²) in [6, 6.07) is 11.6. The Kier molecular flexibility index (Phi) is 3.17. The maximum Gasteiger partial charge on any atom is 0.0345 e. The Morgan fingerprint density at radius 2 is 1.82 bits per heavy atom. The van der Waals surface area contributed by atoms with Crippen LogP contribution in [0.3, 0.4) is 0 Å². The molecule has 0 spiro atoms. The summed E-state index contributed by atoms with van der Waals surface area (Å²) in [5.41, 5.74) is 1.49. The van der Waals surface area contributed by atoms with E-state index in [1.54, 1.807) is 0 Å². The molecule has 0 amide bonds. The van der Waals surface area contributed by atoms with Gasteiger partial charge >= 0.3 is 0 Å². The molecule has 0 saturated carbocycles. The van der Waals surface area contributed by atoms with E-state index in [0.717, 1.165) is 11.8 Å². The molecule has 0 bridgehead atoms. The van der Waals surface area contributed by atoms with Crippen molar-refractivity contribution in [3.8, 4) is 0 Å². The average molecular weight is 230 g/mol. The lowest BCUT2D eigenvalue weighted by Gasteiger charge is -2.28. The van der Waals surface area contributed by atoms with Crippen molar-refractivity contribution >= 4 is 0 Å². The standard InChI is InChI=1S/C15H22N2/c1-2-15(12-6-4-3-5-7-12)17-10-13-8-16-9-14(13)11-17/h3-7,13-16H,2,8-11H2,1H3/t13-,14+,15?. The molecule has 2 heterocycles. The quantitative estimate of drug-likeness (QED) is 0.857. The lowest BCUT2D eigenvalue weighted by atomic mass is 10.0. The Hall–Kier alpha value is -0.860. The molecule has 2 heteroatoms. The van der Waals surface area contributed by atoms with Crippen LogP contribution in [0.15, 0.2) is 30.3 Å². The summed E-state index contributed by atoms with van der Waals surface area (Å²) in [5.74, 6) is 1.79. The number of hydrogen-bond donors (Lipinski definition) is 1. The van der Waals surface area contributed by atoms with Gasteiger partial charge in [-0.15, -0.1) is 0 Å². The first-order valence-corrected chi connectivity index (χ1v) is 6.88. The minimum absolute atomic E-state index is 0.627. The normalized spacial score (nSPS) is 30.4. The van der Waals surface area contributed by atoms with Crippen LogP contribution in [0, 0.1) is 11.8 Å². The number of nitrogens with zero attached hydrogens (tertiary/aromatic N) is 1. The van der Waals surface area contributed by atoms with Crippen molar-refractivity contribution in [2.75, 3.05) is 26.2 Å². The fraction of sp³-hybridized carbons (Fsp3) is 0.600. The second kappa shape index (κ2) is 4.79. The first kappa shape index (κ1) is 11.2. The molecule has 2 aliphatic rings. The van der Waals surface area contributed by atoms with Gasteiger partial charge in [0.15, 0.2) is 0 Å². The number of fused-ring (bicyclic) bond motifs is 1. The van der Waals surface area contributed by atoms with Crippen molar-refractivity contribution in [3.63, 3.8) is 0 Å². The van der Waals surface area contributed by atoms with E-state index in [0.29, 0.717) is 6.04 Å². The molecule has 1 N–H and O–H groups in total. The van der Waals surface area contributed by atoms with Crippen LogP contribution in [0.2, 0.25) is 0 Å². The largest absolute Gasteiger partial charge is 0.316 e. The highest BCUT2D eigenvalue weighted by Gasteiger charge is 2.38. The summed E-state index contributed by atoms with van der Waals surface area (Å²) in [7, 11) is 0. The van der Waals surface area contributed by atoms with E-state index in [4.69, 9.17) is 0 Å². The van der Waals surface area contributed by atoms with E-state index >= 15 is 0 Å². The average Bonchev–Trinajstić information content (AvgIpc) is 2.92. The van der Waals surface area contributed by atoms with Gasteiger partial charge in [-0.05, 0) is 36.9 Å². The molecule has 0 aliphatic carbocycles. The van der Waals surface area contributed by atoms with Crippen LogP contribution in [-0.4, -0.2) is 31.1 Å². The fourth-order valence-corrected chi connectivity index (χ4v) is 3.53. The second-order valence-electron chi connectivity index (χ2n) is 5.47. The number of benzene rings is 1. The Morgan fingerprint density at radius 1 is 1.18 bits per heavy atom. The van der Waals surface area contributed by atoms with Gasteiger partial charge in [-0.1, -0.05) is 37.3 Å². The summed E-state index contributed by atoms with van der Waals surface area (Å²) < 4.78 is 0. The molecule has 2 saturated heterocycles. The number of rotatable bonds is 3. The highest BCUT2D eigenvalue weighted by molar-refractivity contribution is 5.19. The summed E-state index contributed by atoms with van der Waals surface area (Å²) in [6.07, 6.45) is 1.22. The SMILES string of the molecule is CCC(c1ccccc1)N1C[C@H]2CNC[C@H]2C1. The molecule has 2 aliphatic heterocycles. The predicted molar refractivity (Wildman–Crippen MR) is 70.9 cm³/mol. The van der Waals surface area contributed by atoms with Gasteiger partial charge < -0.3 is 5.32 Å². The molecule has 2 nitrogen and oxygen atoms in total. The first-order valence-electron chi connectivity index (χ1n) is 6.88. The minimum Gasteiger partial charge on any atom is -0.316 e. The number of hydrogen-bond acceptors (Lipinski definition) is 2. The maximum atomic E-state index is 3.51. The number of nitrogens with one attached hydrogen (secondary N) is 1. The van der Waals surface area contributed by atoms with Crippen LogP contribution in [0.1, 0.15) is 24.9 Å². The molecular weight excluding hydrogens is 208 g/mol. The summed E-state index contributed by atoms with van der Waals surface area (Å²) in [4.78, 5) is 2.70. The van der Waals surface area contributed by atoms with Gasteiger partial charge in [0.2, 0.25) is 0 Å². The summed E-state index contributed by atoms with van der Waals surface area (Å²) in [6.45, 7) is 7.33. The molecule has 17 heavy (non-hydrogen) atoms. The second-order valence-corrected chi connectivity index (χ2v) is 5.47. The van der Waals surface area contributed by atoms with E-state index in [-0.39, 0.29) is 0 Å². The van der Waals surface area contributed by atoms with Crippen molar-refractivity contribution < 1.29 is 0 Å². The van der Waals surface area contributed by atoms with Crippen molar-refractivity contribution in [1.82, 2.24) is 10.2 Å². The molecule has 3 rings (SSSR count). The predicted octanol–water partition coefficient (Wildman–Crippen LogP) is 2.29. The molecule has 2 fully saturated rings. The van der Waals surface area contributed by atoms with Gasteiger partial charge in [0.1, 0.15) is 0 Å². The molecule has 1 aromatic carbocycles. The fourth-order valence-electron chi connectivity index (χ4n) is 3.53. The van der Waals surface area contributed by atoms with Crippen molar-refractivity contribution in [1.29, 1.82) is 0 Å². The zero-order chi connectivity index (χ0) is 11.7. The van der Waals surface area contributed by atoms with Gasteiger partial charge in [0.25, 0.3) is 0 Å². The van der Waals surface area contributed by atoms with Gasteiger partial charge in [0.05, 0.1) is 0 Å². The van der Waals surface area contributed by atoms with E-state index < -0.39 is 0 Å². The van der Waals surface area contributed by atoms with Crippen molar-refractivity contribution in [2.45, 2.75) is 19.4 Å². The maximum absolute atomic E-state index is 3.51. The van der Waals surface area contributed by atoms with E-state index in [1.165, 1.54) is 38.2 Å². The highest BCUT2D eigenvalue weighted by atomic mass is 15.2. The molecule has 92 valence electrons. The smallest absolute Gasteiger partial charge is 0.0345 e. The molecule has 1 aromatic rings. The highest BCUT2D eigenvalue weighted by Crippen LogP contribution is 2.34. The minimum atomic E-state index is 0.627. The summed E-state index contributed by atoms with van der Waals surface area (Å²) in [5, 5.41) is 3.51. The zero-order valence-electron chi connectivity index (χ0n) is 10.6. The van der Waals surface area contributed by atoms with E-state index in [1.807, 2.05) is 0 Å². The van der Waals surface area contributed by atoms with Gasteiger partial charge in [-0.2, -0.15) is 0 Å². The molecule has 0 aromatic heterocycles. The molecule has 0 radical (unpaired) electrons. The Labute approximate surface area is 104 Å². The van der Waals surface area contributed by atoms with E-state index in [2.05, 4.69) is 47.5 Å². The molecule has 1 unspecified atom stereocenters. The number of likely N-dealkylation sites (tertiary alicyclic amines) is 1. The van der Waals surface area contributed by atoms with Crippen LogP contribution < -0.4 is 5.32 Å². The van der Waals surface area contributed by atoms with Gasteiger partial charge in [-0.3, -0.25) is 4.90 Å². The first-order chi connectivity index (χ1) is 8.38. The van der Waals surface area contributed by atoms with Gasteiger partial charge in [0, 0.05) is 19.1 Å². The van der Waals surface area contributed by atoms with Crippen molar-refractivity contribution in [3.05, 3.63) is 35.9 Å². The van der Waals surface area contributed by atoms with Crippen LogP contribution in [0.25, 0.3) is 0 Å². The molecular formula is C15H22N2. The van der Waals surface area contributed by atoms with Crippen LogP contribution in [0.4, 0.5) is 0 Å². The van der Waals surface area contributed by atoms with Gasteiger partial charge in [-0.25, -0.2) is 0 Å². The third kappa shape index (κ3) is 2.12. The topological polar surface area (TPSA) is 15.3 Å². The Morgan fingerprint density at radius 3 is 2.41 bits per heavy atom. The zero-order valence-corrected chi connectivity index (χ0v) is 10.6. The lowest BCUT2D eigenvalue weighted by molar-refractivity contribution is 0.222. The monoisotopic (exact) mass is 230 g/mol. The molecule has 3 atom stereocenters. The third-order valence-electron chi connectivity index (χ3n) is 4.43. The van der Waals surface area contributed by atoms with Crippen molar-refractivity contribution in [2.24, 2.45) is 11.8 Å². The summed E-state index contributed by atoms with van der Waals surface area (Å²) >= 11 is 0. The van der Waals surface area contributed by atoms with E-state index in [9.17, 15) is 0 Å². The Bertz CT molecular complexity index is 350. The third-order valence-corrected chi connectivity index (χ3v) is 4.43. The Balaban J connectivity index is 1.74. The van der Waals surface area contributed by atoms with Crippen LogP contribution in [-0.2, 0) is 0 Å². The van der Waals surface area contributed by atoms with Crippen LogP contribution >= 0.6 is 0 Å². The van der Waals surface area contributed by atoms with Crippen LogP contribution in [0.5, 0.6) is 0 Å². The lowest BCUT2D eigenvalue weighted by Crippen LogP contribution is -2.29.